The highest BCUT2D eigenvalue weighted by Gasteiger charge is 2.74. The molecule has 2 aliphatic rings. The second-order valence-electron chi connectivity index (χ2n) is 5.31. The zero-order valence-electron chi connectivity index (χ0n) is 10.4. The molecule has 4 heteroatoms. The summed E-state index contributed by atoms with van der Waals surface area (Å²) in [6.45, 7) is 4.51. The quantitative estimate of drug-likeness (QED) is 0.847. The highest BCUT2D eigenvalue weighted by atomic mass is 16.4. The minimum atomic E-state index is 0.0418. The van der Waals surface area contributed by atoms with Crippen LogP contribution in [0, 0.1) is 18.3 Å². The van der Waals surface area contributed by atoms with Crippen molar-refractivity contribution in [2.75, 3.05) is 0 Å². The first kappa shape index (κ1) is 10.8. The number of amides is 1. The van der Waals surface area contributed by atoms with Gasteiger partial charge in [0.05, 0.1) is 17.7 Å². The van der Waals surface area contributed by atoms with E-state index < -0.39 is 0 Å². The van der Waals surface area contributed by atoms with Gasteiger partial charge in [-0.1, -0.05) is 6.92 Å². The van der Waals surface area contributed by atoms with Crippen molar-refractivity contribution in [1.82, 2.24) is 10.3 Å². The molecule has 1 aromatic heterocycles. The number of carbonyl (C=O) groups excluding carboxylic acids is 1. The van der Waals surface area contributed by atoms with Crippen LogP contribution in [0.3, 0.4) is 0 Å². The molecule has 1 amide bonds. The third-order valence-corrected chi connectivity index (χ3v) is 3.95. The second kappa shape index (κ2) is 3.59. The van der Waals surface area contributed by atoms with Crippen LogP contribution in [0.5, 0.6) is 0 Å². The molecule has 0 aromatic carbocycles. The van der Waals surface area contributed by atoms with Gasteiger partial charge in [-0.15, -0.1) is 0 Å². The van der Waals surface area contributed by atoms with Crippen LogP contribution in [0.15, 0.2) is 4.42 Å². The summed E-state index contributed by atoms with van der Waals surface area (Å²) in [7, 11) is 0. The fraction of sp³-hybridized carbons (Fsp3) is 0.692. The van der Waals surface area contributed by atoms with E-state index in [0.29, 0.717) is 12.5 Å². The van der Waals surface area contributed by atoms with Crippen molar-refractivity contribution < 1.29 is 9.21 Å². The molecule has 0 radical (unpaired) electrons. The summed E-state index contributed by atoms with van der Waals surface area (Å²) < 4.78 is 5.63. The summed E-state index contributed by atoms with van der Waals surface area (Å²) in [4.78, 5) is 16.2. The molecule has 0 atom stereocenters. The highest BCUT2D eigenvalue weighted by Crippen LogP contribution is 2.75. The van der Waals surface area contributed by atoms with E-state index in [-0.39, 0.29) is 11.3 Å². The second-order valence-corrected chi connectivity index (χ2v) is 5.31. The van der Waals surface area contributed by atoms with E-state index in [0.717, 1.165) is 43.0 Å². The lowest BCUT2D eigenvalue weighted by Gasteiger charge is -2.04. The number of hydrogen-bond donors (Lipinski definition) is 1. The third-order valence-electron chi connectivity index (χ3n) is 3.95. The average molecular weight is 234 g/mol. The predicted octanol–water partition coefficient (Wildman–Crippen LogP) is 1.96. The first-order chi connectivity index (χ1) is 8.15. The van der Waals surface area contributed by atoms with Crippen molar-refractivity contribution in [3.05, 3.63) is 17.3 Å². The molecule has 92 valence electrons. The van der Waals surface area contributed by atoms with Gasteiger partial charge >= 0.3 is 0 Å². The fourth-order valence-electron chi connectivity index (χ4n) is 2.38. The molecule has 0 spiro atoms. The van der Waals surface area contributed by atoms with Crippen molar-refractivity contribution in [3.63, 3.8) is 0 Å². The number of rotatable bonds is 5. The maximum Gasteiger partial charge on any atom is 0.226 e. The lowest BCUT2D eigenvalue weighted by molar-refractivity contribution is -0.124. The fourth-order valence-corrected chi connectivity index (χ4v) is 2.38. The molecular formula is C13H18N2O2. The summed E-state index contributed by atoms with van der Waals surface area (Å²) in [6, 6.07) is 0. The Morgan fingerprint density at radius 3 is 2.88 bits per heavy atom. The van der Waals surface area contributed by atoms with E-state index in [9.17, 15) is 4.79 Å². The molecule has 2 saturated carbocycles. The standard InChI is InChI=1S/C13H18N2O2/c1-3-4-11-15-8(2)10(17-11)7-14-12(16)13-5-9(13)6-13/h9H,3-7H2,1-2H3,(H,14,16). The van der Waals surface area contributed by atoms with E-state index in [4.69, 9.17) is 4.42 Å². The zero-order chi connectivity index (χ0) is 12.0. The van der Waals surface area contributed by atoms with Crippen LogP contribution in [0.25, 0.3) is 0 Å². The highest BCUT2D eigenvalue weighted by molar-refractivity contribution is 5.89. The number of aryl methyl sites for hydroxylation is 2. The summed E-state index contributed by atoms with van der Waals surface area (Å²) in [5.74, 6) is 2.48. The molecule has 1 aromatic rings. The monoisotopic (exact) mass is 234 g/mol. The van der Waals surface area contributed by atoms with Crippen LogP contribution in [0.4, 0.5) is 0 Å². The van der Waals surface area contributed by atoms with Crippen molar-refractivity contribution in [2.45, 2.75) is 46.1 Å². The van der Waals surface area contributed by atoms with Crippen LogP contribution >= 0.6 is 0 Å². The number of aromatic nitrogens is 1. The average Bonchev–Trinajstić information content (AvgIpc) is 3.09. The molecule has 1 heterocycles. The van der Waals surface area contributed by atoms with Gasteiger partial charge in [0.25, 0.3) is 0 Å². The Balaban J connectivity index is 1.58. The van der Waals surface area contributed by atoms with E-state index in [2.05, 4.69) is 17.2 Å². The van der Waals surface area contributed by atoms with Gasteiger partial charge in [0.15, 0.2) is 5.89 Å². The normalized spacial score (nSPS) is 28.7. The zero-order valence-corrected chi connectivity index (χ0v) is 10.4. The number of fused-ring (bicyclic) bond motifs is 1. The van der Waals surface area contributed by atoms with Crippen molar-refractivity contribution in [3.8, 4) is 0 Å². The molecule has 0 saturated heterocycles. The molecule has 2 fully saturated rings. The minimum Gasteiger partial charge on any atom is -0.444 e. The van der Waals surface area contributed by atoms with Gasteiger partial charge in [0, 0.05) is 6.42 Å². The van der Waals surface area contributed by atoms with Crippen LogP contribution in [-0.4, -0.2) is 10.9 Å². The molecule has 4 nitrogen and oxygen atoms in total. The summed E-state index contributed by atoms with van der Waals surface area (Å²) in [5, 5.41) is 2.97. The Morgan fingerprint density at radius 2 is 2.29 bits per heavy atom. The van der Waals surface area contributed by atoms with E-state index in [1.807, 2.05) is 6.92 Å². The maximum absolute atomic E-state index is 11.8. The number of nitrogens with one attached hydrogen (secondary N) is 1. The lowest BCUT2D eigenvalue weighted by atomic mass is 10.2. The van der Waals surface area contributed by atoms with Crippen LogP contribution in [-0.2, 0) is 17.8 Å². The summed E-state index contributed by atoms with van der Waals surface area (Å²) in [5.41, 5.74) is 0.939. The lowest BCUT2D eigenvalue weighted by Crippen LogP contribution is -2.27. The predicted molar refractivity (Wildman–Crippen MR) is 62.2 cm³/mol. The van der Waals surface area contributed by atoms with Gasteiger partial charge in [0.1, 0.15) is 5.76 Å². The van der Waals surface area contributed by atoms with Gasteiger partial charge in [-0.2, -0.15) is 0 Å². The number of carbonyl (C=O) groups is 1. The Labute approximate surface area is 101 Å². The molecular weight excluding hydrogens is 216 g/mol. The Kier molecular flexibility index (Phi) is 2.28. The SMILES string of the molecule is CCCc1nc(C)c(CNC(=O)C23CC2C3)o1. The van der Waals surface area contributed by atoms with Gasteiger partial charge in [0.2, 0.25) is 5.91 Å². The van der Waals surface area contributed by atoms with E-state index >= 15 is 0 Å². The smallest absolute Gasteiger partial charge is 0.226 e. The number of oxazole rings is 1. The van der Waals surface area contributed by atoms with Crippen molar-refractivity contribution in [1.29, 1.82) is 0 Å². The van der Waals surface area contributed by atoms with Gasteiger partial charge < -0.3 is 9.73 Å². The van der Waals surface area contributed by atoms with Gasteiger partial charge in [-0.3, -0.25) is 4.79 Å². The van der Waals surface area contributed by atoms with E-state index in [1.165, 1.54) is 0 Å². The van der Waals surface area contributed by atoms with Crippen LogP contribution < -0.4 is 5.32 Å². The molecule has 1 N–H and O–H groups in total. The molecule has 2 aliphatic carbocycles. The molecule has 0 bridgehead atoms. The largest absolute Gasteiger partial charge is 0.444 e. The van der Waals surface area contributed by atoms with Gasteiger partial charge in [-0.25, -0.2) is 4.98 Å². The van der Waals surface area contributed by atoms with Crippen LogP contribution in [0.1, 0.15) is 43.5 Å². The van der Waals surface area contributed by atoms with Gasteiger partial charge in [-0.05, 0) is 32.1 Å². The molecule has 0 aliphatic heterocycles. The third kappa shape index (κ3) is 1.75. The Hall–Kier alpha value is -1.32. The Morgan fingerprint density at radius 1 is 1.59 bits per heavy atom. The van der Waals surface area contributed by atoms with Crippen molar-refractivity contribution >= 4 is 5.91 Å². The molecule has 0 unspecified atom stereocenters. The van der Waals surface area contributed by atoms with Crippen molar-refractivity contribution in [2.24, 2.45) is 11.3 Å². The summed E-state index contributed by atoms with van der Waals surface area (Å²) in [6.07, 6.45) is 4.07. The van der Waals surface area contributed by atoms with Crippen LogP contribution in [0.2, 0.25) is 0 Å². The molecule has 17 heavy (non-hydrogen) atoms. The maximum atomic E-state index is 11.8. The number of nitrogens with zero attached hydrogens (tertiary/aromatic N) is 1. The topological polar surface area (TPSA) is 55.1 Å². The van der Waals surface area contributed by atoms with E-state index in [1.54, 1.807) is 0 Å². The summed E-state index contributed by atoms with van der Waals surface area (Å²) >= 11 is 0. The first-order valence-corrected chi connectivity index (χ1v) is 6.39. The Bertz CT molecular complexity index is 458. The number of hydrogen-bond acceptors (Lipinski definition) is 3. The first-order valence-electron chi connectivity index (χ1n) is 6.39. The molecule has 3 rings (SSSR count). The minimum absolute atomic E-state index is 0.0418.